The fraction of sp³-hybridized carbons (Fsp3) is 0.550. The summed E-state index contributed by atoms with van der Waals surface area (Å²) in [5, 5.41) is 10.5. The summed E-state index contributed by atoms with van der Waals surface area (Å²) in [6.07, 6.45) is 5.67. The molecule has 0 aliphatic carbocycles. The lowest BCUT2D eigenvalue weighted by Crippen LogP contribution is -2.34. The number of rotatable bonds is 11. The molecule has 24 heavy (non-hydrogen) atoms. The van der Waals surface area contributed by atoms with E-state index in [4.69, 9.17) is 4.74 Å². The Bertz CT molecular complexity index is 484. The molecule has 1 aromatic carbocycles. The van der Waals surface area contributed by atoms with Gasteiger partial charge in [-0.25, -0.2) is 4.79 Å². The molecular weight excluding hydrogens is 304 g/mol. The fourth-order valence-electron chi connectivity index (χ4n) is 2.62. The smallest absolute Gasteiger partial charge is 0.330 e. The van der Waals surface area contributed by atoms with Crippen LogP contribution in [0.1, 0.15) is 45.1 Å². The number of hydrogen-bond acceptors (Lipinski definition) is 4. The van der Waals surface area contributed by atoms with Gasteiger partial charge in [-0.3, -0.25) is 0 Å². The summed E-state index contributed by atoms with van der Waals surface area (Å²) >= 11 is 0. The summed E-state index contributed by atoms with van der Waals surface area (Å²) in [4.78, 5) is 11.1. The molecule has 0 saturated carbocycles. The van der Waals surface area contributed by atoms with Crippen LogP contribution in [0, 0.1) is 5.92 Å². The first-order chi connectivity index (χ1) is 11.6. The molecule has 0 saturated heterocycles. The van der Waals surface area contributed by atoms with E-state index in [0.29, 0.717) is 13.0 Å². The lowest BCUT2D eigenvalue weighted by atomic mass is 9.92. The van der Waals surface area contributed by atoms with E-state index in [9.17, 15) is 9.90 Å². The Morgan fingerprint density at radius 1 is 1.29 bits per heavy atom. The zero-order valence-electron chi connectivity index (χ0n) is 15.0. The van der Waals surface area contributed by atoms with Gasteiger partial charge in [-0.05, 0) is 24.3 Å². The molecule has 0 bridgehead atoms. The maximum Gasteiger partial charge on any atom is 0.330 e. The van der Waals surface area contributed by atoms with E-state index in [1.54, 1.807) is 6.08 Å². The van der Waals surface area contributed by atoms with Gasteiger partial charge < -0.3 is 14.6 Å². The fourth-order valence-corrected chi connectivity index (χ4v) is 2.62. The van der Waals surface area contributed by atoms with Crippen LogP contribution in [0.5, 0.6) is 0 Å². The number of hydrogen-bond donors (Lipinski definition) is 1. The van der Waals surface area contributed by atoms with Crippen molar-refractivity contribution in [1.29, 1.82) is 0 Å². The third-order valence-electron chi connectivity index (χ3n) is 4.07. The Morgan fingerprint density at radius 3 is 2.62 bits per heavy atom. The van der Waals surface area contributed by atoms with Crippen molar-refractivity contribution in [2.75, 3.05) is 7.11 Å². The molecule has 0 radical (unpaired) electrons. The summed E-state index contributed by atoms with van der Waals surface area (Å²) in [6, 6.07) is 9.94. The van der Waals surface area contributed by atoms with Gasteiger partial charge in [-0.2, -0.15) is 0 Å². The number of unbranched alkanes of at least 4 members (excludes halogenated alkanes) is 1. The summed E-state index contributed by atoms with van der Waals surface area (Å²) in [5.74, 6) is -0.168. The van der Waals surface area contributed by atoms with E-state index in [-0.39, 0.29) is 12.0 Å². The maximum atomic E-state index is 11.1. The van der Waals surface area contributed by atoms with Crippen molar-refractivity contribution in [2.45, 2.75) is 58.3 Å². The van der Waals surface area contributed by atoms with Crippen LogP contribution in [0.25, 0.3) is 0 Å². The highest BCUT2D eigenvalue weighted by Crippen LogP contribution is 2.21. The zero-order valence-corrected chi connectivity index (χ0v) is 15.0. The van der Waals surface area contributed by atoms with Gasteiger partial charge in [0.05, 0.1) is 25.9 Å². The Labute approximate surface area is 145 Å². The molecule has 0 aromatic heterocycles. The molecule has 1 aromatic rings. The lowest BCUT2D eigenvalue weighted by molar-refractivity contribution is -0.134. The van der Waals surface area contributed by atoms with E-state index >= 15 is 0 Å². The van der Waals surface area contributed by atoms with E-state index in [2.05, 4.69) is 18.6 Å². The number of carbonyl (C=O) groups excluding carboxylic acids is 1. The average molecular weight is 334 g/mol. The average Bonchev–Trinajstić information content (AvgIpc) is 2.60. The lowest BCUT2D eigenvalue weighted by Gasteiger charge is -2.28. The van der Waals surface area contributed by atoms with Crippen LogP contribution in [0.2, 0.25) is 0 Å². The van der Waals surface area contributed by atoms with Gasteiger partial charge in [0, 0.05) is 6.08 Å². The third kappa shape index (κ3) is 7.75. The molecule has 0 unspecified atom stereocenters. The molecule has 0 aliphatic rings. The van der Waals surface area contributed by atoms with E-state index in [0.717, 1.165) is 24.8 Å². The van der Waals surface area contributed by atoms with Crippen molar-refractivity contribution in [3.8, 4) is 0 Å². The Balaban J connectivity index is 2.65. The van der Waals surface area contributed by atoms with Crippen molar-refractivity contribution in [3.63, 3.8) is 0 Å². The second-order valence-electron chi connectivity index (χ2n) is 6.11. The minimum atomic E-state index is -0.651. The number of ether oxygens (including phenoxy) is 2. The number of methoxy groups -OCH3 is 1. The predicted octanol–water partition coefficient (Wildman–Crippen LogP) is 3.88. The van der Waals surface area contributed by atoms with Crippen LogP contribution in [-0.2, 0) is 20.9 Å². The Kier molecular flexibility index (Phi) is 10.0. The molecule has 3 atom stereocenters. The normalized spacial score (nSPS) is 15.2. The zero-order chi connectivity index (χ0) is 17.8. The summed E-state index contributed by atoms with van der Waals surface area (Å²) in [6.45, 7) is 4.74. The summed E-state index contributed by atoms with van der Waals surface area (Å²) in [5.41, 5.74) is 1.09. The van der Waals surface area contributed by atoms with Gasteiger partial charge in [0.25, 0.3) is 0 Å². The molecule has 0 spiro atoms. The van der Waals surface area contributed by atoms with E-state index in [1.165, 1.54) is 13.2 Å². The van der Waals surface area contributed by atoms with Gasteiger partial charge >= 0.3 is 5.97 Å². The number of carbonyl (C=O) groups is 1. The van der Waals surface area contributed by atoms with Crippen LogP contribution < -0.4 is 0 Å². The molecule has 1 rings (SSSR count). The first-order valence-corrected chi connectivity index (χ1v) is 8.66. The predicted molar refractivity (Wildman–Crippen MR) is 95.5 cm³/mol. The van der Waals surface area contributed by atoms with Gasteiger partial charge in [0.15, 0.2) is 0 Å². The van der Waals surface area contributed by atoms with Gasteiger partial charge in [0.2, 0.25) is 0 Å². The highest BCUT2D eigenvalue weighted by molar-refractivity contribution is 5.81. The van der Waals surface area contributed by atoms with Crippen LogP contribution in [-0.4, -0.2) is 30.4 Å². The molecule has 0 amide bonds. The Morgan fingerprint density at radius 2 is 2.00 bits per heavy atom. The number of esters is 1. The quantitative estimate of drug-likeness (QED) is 0.493. The van der Waals surface area contributed by atoms with Crippen molar-refractivity contribution in [3.05, 3.63) is 48.0 Å². The van der Waals surface area contributed by atoms with Crippen molar-refractivity contribution >= 4 is 5.97 Å². The molecule has 4 nitrogen and oxygen atoms in total. The topological polar surface area (TPSA) is 55.8 Å². The largest absolute Gasteiger partial charge is 0.466 e. The van der Waals surface area contributed by atoms with Gasteiger partial charge in [-0.1, -0.05) is 63.1 Å². The highest BCUT2D eigenvalue weighted by Gasteiger charge is 2.25. The SMILES string of the molecule is CCCC[C@@H](C)[C@@H](OCc1ccccc1)[C@@H](O)C/C=C/C(=O)OC. The summed E-state index contributed by atoms with van der Waals surface area (Å²) < 4.78 is 10.6. The van der Waals surface area contributed by atoms with Crippen LogP contribution in [0.3, 0.4) is 0 Å². The first-order valence-electron chi connectivity index (χ1n) is 8.66. The highest BCUT2D eigenvalue weighted by atomic mass is 16.5. The van der Waals surface area contributed by atoms with Crippen LogP contribution in [0.4, 0.5) is 0 Å². The second-order valence-corrected chi connectivity index (χ2v) is 6.11. The monoisotopic (exact) mass is 334 g/mol. The summed E-state index contributed by atoms with van der Waals surface area (Å²) in [7, 11) is 1.34. The van der Waals surface area contributed by atoms with E-state index in [1.807, 2.05) is 30.3 Å². The minimum absolute atomic E-state index is 0.246. The molecule has 0 heterocycles. The molecule has 0 fully saturated rings. The molecule has 134 valence electrons. The third-order valence-corrected chi connectivity index (χ3v) is 4.07. The molecule has 0 aliphatic heterocycles. The van der Waals surface area contributed by atoms with Crippen molar-refractivity contribution in [1.82, 2.24) is 0 Å². The van der Waals surface area contributed by atoms with Crippen LogP contribution >= 0.6 is 0 Å². The molecule has 4 heteroatoms. The standard InChI is InChI=1S/C20H30O4/c1-4-5-10-16(2)20(18(21)13-9-14-19(22)23-3)24-15-17-11-7-6-8-12-17/h6-9,11-12,14,16,18,20-21H,4-5,10,13,15H2,1-3H3/b14-9+/t16-,18+,20-/m1/s1. The minimum Gasteiger partial charge on any atom is -0.466 e. The van der Waals surface area contributed by atoms with Crippen molar-refractivity contribution in [2.24, 2.45) is 5.92 Å². The second kappa shape index (κ2) is 11.8. The number of benzene rings is 1. The van der Waals surface area contributed by atoms with Crippen LogP contribution in [0.15, 0.2) is 42.5 Å². The van der Waals surface area contributed by atoms with E-state index < -0.39 is 12.1 Å². The first kappa shape index (κ1) is 20.4. The number of aliphatic hydroxyl groups excluding tert-OH is 1. The Hall–Kier alpha value is -1.65. The van der Waals surface area contributed by atoms with Gasteiger partial charge in [0.1, 0.15) is 0 Å². The molecule has 1 N–H and O–H groups in total. The van der Waals surface area contributed by atoms with Gasteiger partial charge in [-0.15, -0.1) is 0 Å². The number of aliphatic hydroxyl groups is 1. The van der Waals surface area contributed by atoms with Crippen molar-refractivity contribution < 1.29 is 19.4 Å². The molecular formula is C20H30O4. The maximum absolute atomic E-state index is 11.1.